The van der Waals surface area contributed by atoms with Gasteiger partial charge in [0.2, 0.25) is 5.95 Å². The van der Waals surface area contributed by atoms with Crippen molar-refractivity contribution in [1.29, 1.82) is 0 Å². The molecule has 0 spiro atoms. The normalized spacial score (nSPS) is 10.2. The lowest BCUT2D eigenvalue weighted by Gasteiger charge is -2.06. The molecule has 19 heavy (non-hydrogen) atoms. The van der Waals surface area contributed by atoms with E-state index >= 15 is 0 Å². The number of carbonyl (C=O) groups is 1. The highest BCUT2D eigenvalue weighted by atomic mass is 16.1. The lowest BCUT2D eigenvalue weighted by Crippen LogP contribution is -2.24. The summed E-state index contributed by atoms with van der Waals surface area (Å²) in [5, 5.41) is 5.98. The summed E-state index contributed by atoms with van der Waals surface area (Å²) < 4.78 is 0. The molecule has 5 nitrogen and oxygen atoms in total. The number of carbonyl (C=O) groups excluding carboxylic acids is 1. The van der Waals surface area contributed by atoms with Crippen LogP contribution >= 0.6 is 0 Å². The van der Waals surface area contributed by atoms with E-state index in [0.29, 0.717) is 18.1 Å². The van der Waals surface area contributed by atoms with E-state index in [9.17, 15) is 4.79 Å². The molecule has 0 saturated heterocycles. The van der Waals surface area contributed by atoms with Crippen LogP contribution in [-0.4, -0.2) is 29.0 Å². The van der Waals surface area contributed by atoms with Crippen molar-refractivity contribution in [3.63, 3.8) is 0 Å². The molecular formula is C14H24N4O. The van der Waals surface area contributed by atoms with Gasteiger partial charge >= 0.3 is 0 Å². The maximum Gasteiger partial charge on any atom is 0.254 e. The molecule has 0 aliphatic carbocycles. The molecular weight excluding hydrogens is 240 g/mol. The molecule has 0 radical (unpaired) electrons. The summed E-state index contributed by atoms with van der Waals surface area (Å²) in [7, 11) is 0. The molecule has 0 aliphatic rings. The Labute approximate surface area is 115 Å². The Morgan fingerprint density at radius 3 is 2.37 bits per heavy atom. The van der Waals surface area contributed by atoms with Crippen molar-refractivity contribution in [2.24, 2.45) is 0 Å². The van der Waals surface area contributed by atoms with Crippen LogP contribution in [0.25, 0.3) is 0 Å². The molecule has 0 fully saturated rings. The zero-order chi connectivity index (χ0) is 13.9. The van der Waals surface area contributed by atoms with Gasteiger partial charge in [-0.15, -0.1) is 0 Å². The number of amides is 1. The maximum absolute atomic E-state index is 11.8. The summed E-state index contributed by atoms with van der Waals surface area (Å²) in [6.07, 6.45) is 8.65. The van der Waals surface area contributed by atoms with Crippen LogP contribution in [0.2, 0.25) is 0 Å². The van der Waals surface area contributed by atoms with Crippen molar-refractivity contribution in [2.45, 2.75) is 46.0 Å². The number of nitrogens with zero attached hydrogens (tertiary/aromatic N) is 2. The molecule has 1 aromatic rings. The topological polar surface area (TPSA) is 66.9 Å². The van der Waals surface area contributed by atoms with Crippen molar-refractivity contribution in [1.82, 2.24) is 15.3 Å². The van der Waals surface area contributed by atoms with Crippen LogP contribution in [0.3, 0.4) is 0 Å². The SMILES string of the molecule is CCCCCNC(=O)c1cnc(NCCCC)nc1. The second kappa shape index (κ2) is 9.30. The number of aromatic nitrogens is 2. The third kappa shape index (κ3) is 6.18. The number of unbranched alkanes of at least 4 members (excludes halogenated alkanes) is 3. The zero-order valence-corrected chi connectivity index (χ0v) is 11.9. The van der Waals surface area contributed by atoms with E-state index in [-0.39, 0.29) is 5.91 Å². The number of anilines is 1. The lowest BCUT2D eigenvalue weighted by molar-refractivity contribution is 0.0952. The minimum Gasteiger partial charge on any atom is -0.354 e. The van der Waals surface area contributed by atoms with E-state index in [0.717, 1.165) is 38.6 Å². The second-order valence-electron chi connectivity index (χ2n) is 4.54. The van der Waals surface area contributed by atoms with Crippen molar-refractivity contribution in [3.8, 4) is 0 Å². The molecule has 0 unspecified atom stereocenters. The monoisotopic (exact) mass is 264 g/mol. The van der Waals surface area contributed by atoms with E-state index < -0.39 is 0 Å². The van der Waals surface area contributed by atoms with Crippen LogP contribution in [0.5, 0.6) is 0 Å². The molecule has 0 aromatic carbocycles. The molecule has 0 saturated carbocycles. The van der Waals surface area contributed by atoms with Crippen LogP contribution in [0.4, 0.5) is 5.95 Å². The quantitative estimate of drug-likeness (QED) is 0.673. The van der Waals surface area contributed by atoms with Gasteiger partial charge in [0.15, 0.2) is 0 Å². The Bertz CT molecular complexity index is 364. The maximum atomic E-state index is 11.8. The summed E-state index contributed by atoms with van der Waals surface area (Å²) >= 11 is 0. The number of rotatable bonds is 9. The minimum absolute atomic E-state index is 0.101. The first-order valence-corrected chi connectivity index (χ1v) is 7.12. The van der Waals surface area contributed by atoms with E-state index in [1.807, 2.05) is 0 Å². The molecule has 0 atom stereocenters. The highest BCUT2D eigenvalue weighted by Crippen LogP contribution is 2.01. The van der Waals surface area contributed by atoms with Crippen LogP contribution < -0.4 is 10.6 Å². The minimum atomic E-state index is -0.101. The van der Waals surface area contributed by atoms with Gasteiger partial charge in [-0.05, 0) is 12.8 Å². The second-order valence-corrected chi connectivity index (χ2v) is 4.54. The Hall–Kier alpha value is -1.65. The van der Waals surface area contributed by atoms with Crippen LogP contribution in [-0.2, 0) is 0 Å². The van der Waals surface area contributed by atoms with E-state index in [1.54, 1.807) is 12.4 Å². The molecule has 106 valence electrons. The predicted molar refractivity (Wildman–Crippen MR) is 77.3 cm³/mol. The van der Waals surface area contributed by atoms with Gasteiger partial charge in [-0.25, -0.2) is 9.97 Å². The van der Waals surface area contributed by atoms with Crippen molar-refractivity contribution >= 4 is 11.9 Å². The average molecular weight is 264 g/mol. The van der Waals surface area contributed by atoms with E-state index in [4.69, 9.17) is 0 Å². The molecule has 1 amide bonds. The first kappa shape index (κ1) is 15.4. The number of hydrogen-bond acceptors (Lipinski definition) is 4. The standard InChI is InChI=1S/C14H24N4O/c1-3-5-7-9-15-13(19)12-10-17-14(18-11-12)16-8-6-4-2/h10-11H,3-9H2,1-2H3,(H,15,19)(H,16,17,18). The van der Waals surface area contributed by atoms with Gasteiger partial charge in [0, 0.05) is 25.5 Å². The van der Waals surface area contributed by atoms with Gasteiger partial charge in [-0.1, -0.05) is 33.1 Å². The molecule has 2 N–H and O–H groups in total. The van der Waals surface area contributed by atoms with Gasteiger partial charge in [-0.2, -0.15) is 0 Å². The Morgan fingerprint density at radius 2 is 1.74 bits per heavy atom. The molecule has 1 heterocycles. The average Bonchev–Trinajstić information content (AvgIpc) is 2.44. The van der Waals surface area contributed by atoms with Crippen molar-refractivity contribution in [3.05, 3.63) is 18.0 Å². The largest absolute Gasteiger partial charge is 0.354 e. The molecule has 5 heteroatoms. The van der Waals surface area contributed by atoms with Crippen molar-refractivity contribution in [2.75, 3.05) is 18.4 Å². The Balaban J connectivity index is 2.35. The lowest BCUT2D eigenvalue weighted by atomic mass is 10.2. The summed E-state index contributed by atoms with van der Waals surface area (Å²) in [5.74, 6) is 0.479. The van der Waals surface area contributed by atoms with Gasteiger partial charge in [0.1, 0.15) is 0 Å². The summed E-state index contributed by atoms with van der Waals surface area (Å²) in [6, 6.07) is 0. The fourth-order valence-electron chi connectivity index (χ4n) is 1.59. The predicted octanol–water partition coefficient (Wildman–Crippen LogP) is 2.61. The highest BCUT2D eigenvalue weighted by Gasteiger charge is 2.05. The van der Waals surface area contributed by atoms with Crippen LogP contribution in [0.1, 0.15) is 56.3 Å². The Kier molecular flexibility index (Phi) is 7.54. The highest BCUT2D eigenvalue weighted by molar-refractivity contribution is 5.93. The van der Waals surface area contributed by atoms with Gasteiger partial charge in [0.05, 0.1) is 5.56 Å². The van der Waals surface area contributed by atoms with Gasteiger partial charge in [0.25, 0.3) is 5.91 Å². The van der Waals surface area contributed by atoms with E-state index in [1.165, 1.54) is 0 Å². The number of nitrogens with one attached hydrogen (secondary N) is 2. The molecule has 1 rings (SSSR count). The fraction of sp³-hybridized carbons (Fsp3) is 0.643. The Morgan fingerprint density at radius 1 is 1.05 bits per heavy atom. The summed E-state index contributed by atoms with van der Waals surface area (Å²) in [5.41, 5.74) is 0.512. The third-order valence-electron chi connectivity index (χ3n) is 2.79. The van der Waals surface area contributed by atoms with E-state index in [2.05, 4.69) is 34.4 Å². The molecule has 0 bridgehead atoms. The summed E-state index contributed by atoms with van der Waals surface area (Å²) in [6.45, 7) is 5.84. The first-order chi connectivity index (χ1) is 9.27. The zero-order valence-electron chi connectivity index (χ0n) is 11.9. The molecule has 0 aliphatic heterocycles. The van der Waals surface area contributed by atoms with Crippen LogP contribution in [0, 0.1) is 0 Å². The first-order valence-electron chi connectivity index (χ1n) is 7.12. The third-order valence-corrected chi connectivity index (χ3v) is 2.79. The van der Waals surface area contributed by atoms with Gasteiger partial charge in [-0.3, -0.25) is 4.79 Å². The van der Waals surface area contributed by atoms with Gasteiger partial charge < -0.3 is 10.6 Å². The van der Waals surface area contributed by atoms with Crippen LogP contribution in [0.15, 0.2) is 12.4 Å². The number of hydrogen-bond donors (Lipinski definition) is 2. The summed E-state index contributed by atoms with van der Waals surface area (Å²) in [4.78, 5) is 20.0. The molecule has 1 aromatic heterocycles. The smallest absolute Gasteiger partial charge is 0.254 e. The van der Waals surface area contributed by atoms with Crippen molar-refractivity contribution < 1.29 is 4.79 Å². The fourth-order valence-corrected chi connectivity index (χ4v) is 1.59.